The Morgan fingerprint density at radius 3 is 2.15 bits per heavy atom. The number of nitrogens with zero attached hydrogens (tertiary/aromatic N) is 2. The van der Waals surface area contributed by atoms with Gasteiger partial charge >= 0.3 is 99.8 Å². The first-order chi connectivity index (χ1) is 22.4. The average molecular weight is 835 g/mol. The molecule has 0 saturated carbocycles. The SMILES string of the molecule is [2H]c1c(-c2ccccc2)ccc2c1oc1c(-c3cc4ccccc4cn3)[c-]ccc12.[CH3][Ge]([CH3])([CH3])[c]1ccc(-c2[c-]cccc2)nc1.[Ir]. The molecule has 1 radical (unpaired) electrons. The largest absolute Gasteiger partial charge is 0 e. The van der Waals surface area contributed by atoms with Crippen LogP contribution in [0, 0.1) is 12.1 Å². The summed E-state index contributed by atoms with van der Waals surface area (Å²) in [5.74, 6) is 7.14. The number of aromatic nitrogens is 2. The Balaban J connectivity index is 0.000000194. The molecule has 0 N–H and O–H groups in total. The first kappa shape index (κ1) is 30.3. The molecule has 3 aromatic heterocycles. The fourth-order valence-electron chi connectivity index (χ4n) is 5.42. The first-order valence-corrected chi connectivity index (χ1v) is 22.4. The van der Waals surface area contributed by atoms with Gasteiger partial charge < -0.3 is 9.40 Å². The van der Waals surface area contributed by atoms with E-state index in [1.165, 1.54) is 4.40 Å². The molecule has 0 amide bonds. The van der Waals surface area contributed by atoms with Crippen molar-refractivity contribution < 1.29 is 25.9 Å². The van der Waals surface area contributed by atoms with Crippen LogP contribution in [-0.4, -0.2) is 23.2 Å². The maximum Gasteiger partial charge on any atom is 0 e. The predicted octanol–water partition coefficient (Wildman–Crippen LogP) is 10.4. The van der Waals surface area contributed by atoms with Gasteiger partial charge in [-0.05, 0) is 33.6 Å². The summed E-state index contributed by atoms with van der Waals surface area (Å²) in [6, 6.07) is 47.3. The van der Waals surface area contributed by atoms with E-state index in [4.69, 9.17) is 5.79 Å². The number of hydrogen-bond donors (Lipinski definition) is 0. The Kier molecular flexibility index (Phi) is 8.94. The summed E-state index contributed by atoms with van der Waals surface area (Å²) in [6.45, 7) is 0. The van der Waals surface area contributed by atoms with E-state index in [1.54, 1.807) is 0 Å². The third-order valence-electron chi connectivity index (χ3n) is 7.94. The van der Waals surface area contributed by atoms with E-state index >= 15 is 0 Å². The van der Waals surface area contributed by atoms with Crippen LogP contribution in [0.15, 0.2) is 144 Å². The molecule has 3 nitrogen and oxygen atoms in total. The molecule has 8 rings (SSSR count). The zero-order valence-electron chi connectivity index (χ0n) is 26.8. The molecule has 5 aromatic carbocycles. The van der Waals surface area contributed by atoms with Gasteiger partial charge in [0.1, 0.15) is 5.58 Å². The van der Waals surface area contributed by atoms with Crippen molar-refractivity contribution in [3.8, 4) is 33.6 Å². The molecule has 0 unspecified atom stereocenters. The molecule has 0 bridgehead atoms. The van der Waals surface area contributed by atoms with Gasteiger partial charge in [0, 0.05) is 31.7 Å². The molecule has 0 spiro atoms. The minimum absolute atomic E-state index is 0. The average Bonchev–Trinajstić information content (AvgIpc) is 3.49. The Bertz CT molecular complexity index is 2300. The maximum absolute atomic E-state index is 8.77. The van der Waals surface area contributed by atoms with Crippen molar-refractivity contribution >= 4 is 50.4 Å². The summed E-state index contributed by atoms with van der Waals surface area (Å²) in [5, 5.41) is 4.13. The Labute approximate surface area is 287 Å². The number of hydrogen-bond acceptors (Lipinski definition) is 3. The maximum atomic E-state index is 8.77. The molecular formula is C41H32GeIrN2O-2. The fraction of sp³-hybridized carbons (Fsp3) is 0.0732. The van der Waals surface area contributed by atoms with Crippen molar-refractivity contribution in [3.63, 3.8) is 0 Å². The van der Waals surface area contributed by atoms with Crippen molar-refractivity contribution in [3.05, 3.63) is 152 Å². The predicted molar refractivity (Wildman–Crippen MR) is 190 cm³/mol. The summed E-state index contributed by atoms with van der Waals surface area (Å²) in [7, 11) is 0. The van der Waals surface area contributed by atoms with Crippen LogP contribution in [0.25, 0.3) is 66.4 Å². The van der Waals surface area contributed by atoms with Gasteiger partial charge in [-0.1, -0.05) is 83.7 Å². The Hall–Kier alpha value is -4.35. The van der Waals surface area contributed by atoms with Gasteiger partial charge in [0.15, 0.2) is 0 Å². The summed E-state index contributed by atoms with van der Waals surface area (Å²) >= 11 is -1.72. The zero-order valence-corrected chi connectivity index (χ0v) is 30.3. The molecule has 46 heavy (non-hydrogen) atoms. The molecule has 0 atom stereocenters. The number of rotatable bonds is 4. The molecule has 0 aliphatic carbocycles. The summed E-state index contributed by atoms with van der Waals surface area (Å²) < 4.78 is 16.5. The van der Waals surface area contributed by atoms with Crippen LogP contribution in [0.2, 0.25) is 17.3 Å². The Morgan fingerprint density at radius 1 is 0.652 bits per heavy atom. The standard InChI is InChI=1S/C27H16NO.C14H16GeN.Ir/c1-2-7-18(8-3-1)20-13-14-22-23-11-6-12-24(27(23)29-26(22)16-20)25-15-19-9-4-5-10-21(19)17-28-25;1-15(2,3)13-9-10-14(16-11-13)12-7-5-4-6-8-12;/h1-11,13-17H;4-7,9-11H,1-3H3;/q2*-1;/i16D;;. The smallest absolute Gasteiger partial charge is 0 e. The van der Waals surface area contributed by atoms with Crippen molar-refractivity contribution in [2.45, 2.75) is 17.3 Å². The minimum Gasteiger partial charge on any atom is 0 e. The third kappa shape index (κ3) is 6.61. The molecule has 0 fully saturated rings. The van der Waals surface area contributed by atoms with E-state index < -0.39 is 13.3 Å². The van der Waals surface area contributed by atoms with Gasteiger partial charge in [0.2, 0.25) is 0 Å². The minimum atomic E-state index is -1.72. The molecule has 5 heteroatoms. The van der Waals surface area contributed by atoms with Crippen LogP contribution in [0.1, 0.15) is 1.37 Å². The van der Waals surface area contributed by atoms with Crippen LogP contribution in [-0.2, 0) is 20.1 Å². The van der Waals surface area contributed by atoms with Crippen molar-refractivity contribution in [2.75, 3.05) is 0 Å². The molecular weight excluding hydrogens is 801 g/mol. The van der Waals surface area contributed by atoms with Crippen molar-refractivity contribution in [1.29, 1.82) is 0 Å². The van der Waals surface area contributed by atoms with Crippen molar-refractivity contribution in [2.24, 2.45) is 0 Å². The van der Waals surface area contributed by atoms with E-state index in [0.29, 0.717) is 17.2 Å². The van der Waals surface area contributed by atoms with Crippen LogP contribution >= 0.6 is 0 Å². The summed E-state index contributed by atoms with van der Waals surface area (Å²) in [4.78, 5) is 9.18. The van der Waals surface area contributed by atoms with Gasteiger partial charge in [0.05, 0.1) is 6.95 Å². The zero-order chi connectivity index (χ0) is 31.7. The van der Waals surface area contributed by atoms with Gasteiger partial charge in [-0.2, -0.15) is 0 Å². The van der Waals surface area contributed by atoms with Crippen LogP contribution < -0.4 is 4.40 Å². The molecule has 0 aliphatic rings. The van der Waals surface area contributed by atoms with Gasteiger partial charge in [-0.25, -0.2) is 0 Å². The van der Waals surface area contributed by atoms with E-state index in [-0.39, 0.29) is 20.1 Å². The molecule has 227 valence electrons. The van der Waals surface area contributed by atoms with E-state index in [0.717, 1.165) is 55.2 Å². The van der Waals surface area contributed by atoms with Gasteiger partial charge in [-0.3, -0.25) is 0 Å². The first-order valence-electron chi connectivity index (χ1n) is 15.6. The molecule has 0 aliphatic heterocycles. The number of benzene rings is 5. The monoisotopic (exact) mass is 836 g/mol. The summed E-state index contributed by atoms with van der Waals surface area (Å²) in [5.41, 5.74) is 6.88. The summed E-state index contributed by atoms with van der Waals surface area (Å²) in [6.07, 6.45) is 3.92. The third-order valence-corrected chi connectivity index (χ3v) is 12.2. The quantitative estimate of drug-likeness (QED) is 0.131. The second-order valence-electron chi connectivity index (χ2n) is 12.1. The molecule has 0 saturated heterocycles. The van der Waals surface area contributed by atoms with E-state index in [2.05, 4.69) is 69.7 Å². The topological polar surface area (TPSA) is 38.9 Å². The normalized spacial score (nSPS) is 11.5. The number of fused-ring (bicyclic) bond motifs is 4. The van der Waals surface area contributed by atoms with E-state index in [1.807, 2.05) is 103 Å². The second-order valence-corrected chi connectivity index (χ2v) is 22.7. The van der Waals surface area contributed by atoms with Gasteiger partial charge in [0.25, 0.3) is 0 Å². The number of pyridine rings is 2. The molecule has 8 aromatic rings. The Morgan fingerprint density at radius 2 is 1.41 bits per heavy atom. The van der Waals surface area contributed by atoms with Gasteiger partial charge in [-0.15, -0.1) is 18.2 Å². The van der Waals surface area contributed by atoms with Crippen LogP contribution in [0.4, 0.5) is 0 Å². The van der Waals surface area contributed by atoms with Crippen LogP contribution in [0.3, 0.4) is 0 Å². The van der Waals surface area contributed by atoms with Crippen molar-refractivity contribution in [1.82, 2.24) is 9.97 Å². The van der Waals surface area contributed by atoms with E-state index in [9.17, 15) is 0 Å². The number of furan rings is 1. The fourth-order valence-corrected chi connectivity index (χ4v) is 7.59. The second kappa shape index (κ2) is 13.6. The van der Waals surface area contributed by atoms with Crippen LogP contribution in [0.5, 0.6) is 0 Å². The molecule has 3 heterocycles.